The van der Waals surface area contributed by atoms with E-state index in [9.17, 15) is 4.79 Å². The Morgan fingerprint density at radius 3 is 2.00 bits per heavy atom. The molecule has 0 aliphatic heterocycles. The van der Waals surface area contributed by atoms with Crippen LogP contribution in [0.2, 0.25) is 0 Å². The average Bonchev–Trinajstić information content (AvgIpc) is 1.81. The Kier molecular flexibility index (Phi) is 3.36. The van der Waals surface area contributed by atoms with Crippen molar-refractivity contribution in [3.63, 3.8) is 0 Å². The molecular formula is C7H14NO2. The quantitative estimate of drug-likeness (QED) is 0.442. The van der Waals surface area contributed by atoms with Crippen LogP contribution >= 0.6 is 0 Å². The molecule has 0 aromatic heterocycles. The Hall–Kier alpha value is -0.570. The number of rotatable bonds is 3. The molecule has 0 saturated heterocycles. The lowest BCUT2D eigenvalue weighted by Crippen LogP contribution is -2.30. The van der Waals surface area contributed by atoms with Crippen molar-refractivity contribution in [3.05, 3.63) is 6.54 Å². The van der Waals surface area contributed by atoms with E-state index in [4.69, 9.17) is 4.84 Å². The molecule has 0 aromatic carbocycles. The van der Waals surface area contributed by atoms with Crippen molar-refractivity contribution in [1.29, 1.82) is 0 Å². The fourth-order valence-corrected chi connectivity index (χ4v) is 0.451. The molecule has 0 spiro atoms. The number of amides is 1. The van der Waals surface area contributed by atoms with E-state index in [1.165, 1.54) is 0 Å². The van der Waals surface area contributed by atoms with Crippen molar-refractivity contribution >= 4 is 6.41 Å². The van der Waals surface area contributed by atoms with Gasteiger partial charge in [0.15, 0.2) is 0 Å². The molecule has 59 valence electrons. The first-order valence-electron chi connectivity index (χ1n) is 3.22. The zero-order chi connectivity index (χ0) is 8.20. The highest BCUT2D eigenvalue weighted by molar-refractivity contribution is 5.45. The smallest absolute Gasteiger partial charge is 0.233 e. The van der Waals surface area contributed by atoms with E-state index in [1.807, 2.05) is 20.8 Å². The fraction of sp³-hybridized carbons (Fsp3) is 0.714. The Balaban J connectivity index is 3.74. The second kappa shape index (κ2) is 3.56. The SMILES string of the molecule is C[CH]N(C=O)OC(C)(C)C. The van der Waals surface area contributed by atoms with Crippen LogP contribution in [0.5, 0.6) is 0 Å². The Bertz CT molecular complexity index is 107. The van der Waals surface area contributed by atoms with Crippen LogP contribution in [0, 0.1) is 6.54 Å². The van der Waals surface area contributed by atoms with Gasteiger partial charge in [0.1, 0.15) is 0 Å². The number of hydrogen-bond acceptors (Lipinski definition) is 2. The van der Waals surface area contributed by atoms with E-state index in [0.29, 0.717) is 6.41 Å². The van der Waals surface area contributed by atoms with E-state index in [2.05, 4.69) is 0 Å². The summed E-state index contributed by atoms with van der Waals surface area (Å²) in [6.07, 6.45) is 0.630. The van der Waals surface area contributed by atoms with Gasteiger partial charge in [-0.2, -0.15) is 0 Å². The summed E-state index contributed by atoms with van der Waals surface area (Å²) in [5.74, 6) is 0. The van der Waals surface area contributed by atoms with Crippen LogP contribution in [0.25, 0.3) is 0 Å². The molecule has 1 radical (unpaired) electrons. The van der Waals surface area contributed by atoms with Crippen molar-refractivity contribution < 1.29 is 9.63 Å². The molecule has 1 amide bonds. The molecule has 0 aliphatic carbocycles. The van der Waals surface area contributed by atoms with Crippen LogP contribution in [-0.2, 0) is 9.63 Å². The molecule has 10 heavy (non-hydrogen) atoms. The summed E-state index contributed by atoms with van der Waals surface area (Å²) in [4.78, 5) is 15.3. The van der Waals surface area contributed by atoms with Gasteiger partial charge < -0.3 is 0 Å². The average molecular weight is 144 g/mol. The van der Waals surface area contributed by atoms with Crippen molar-refractivity contribution in [2.45, 2.75) is 33.3 Å². The number of hydroxylamine groups is 2. The first-order chi connectivity index (χ1) is 4.49. The lowest BCUT2D eigenvalue weighted by molar-refractivity contribution is -0.202. The third kappa shape index (κ3) is 4.32. The van der Waals surface area contributed by atoms with E-state index in [0.717, 1.165) is 5.06 Å². The predicted molar refractivity (Wildman–Crippen MR) is 38.7 cm³/mol. The largest absolute Gasteiger partial charge is 0.276 e. The summed E-state index contributed by atoms with van der Waals surface area (Å²) in [6, 6.07) is 0. The second-order valence-corrected chi connectivity index (χ2v) is 2.93. The molecule has 3 heteroatoms. The molecule has 0 saturated carbocycles. The topological polar surface area (TPSA) is 29.5 Å². The maximum atomic E-state index is 10.2. The molecule has 0 heterocycles. The van der Waals surface area contributed by atoms with Crippen LogP contribution in [0.1, 0.15) is 27.7 Å². The summed E-state index contributed by atoms with van der Waals surface area (Å²) in [6.45, 7) is 8.95. The van der Waals surface area contributed by atoms with E-state index in [-0.39, 0.29) is 5.60 Å². The molecule has 0 fully saturated rings. The summed E-state index contributed by atoms with van der Waals surface area (Å²) >= 11 is 0. The molecule has 0 N–H and O–H groups in total. The highest BCUT2D eigenvalue weighted by Gasteiger charge is 2.14. The van der Waals surface area contributed by atoms with Gasteiger partial charge in [-0.3, -0.25) is 9.63 Å². The van der Waals surface area contributed by atoms with Crippen LogP contribution in [0.3, 0.4) is 0 Å². The molecule has 3 nitrogen and oxygen atoms in total. The number of carbonyl (C=O) groups is 1. The summed E-state index contributed by atoms with van der Waals surface area (Å²) < 4.78 is 0. The summed E-state index contributed by atoms with van der Waals surface area (Å²) in [5.41, 5.74) is -0.312. The molecule has 0 aromatic rings. The Labute approximate surface area is 61.9 Å². The molecule has 0 unspecified atom stereocenters. The van der Waals surface area contributed by atoms with Gasteiger partial charge in [0.2, 0.25) is 6.41 Å². The zero-order valence-electron chi connectivity index (χ0n) is 6.92. The molecule has 0 bridgehead atoms. The third-order valence-electron chi connectivity index (χ3n) is 0.738. The van der Waals surface area contributed by atoms with Gasteiger partial charge in [-0.1, -0.05) is 0 Å². The van der Waals surface area contributed by atoms with Crippen LogP contribution < -0.4 is 0 Å². The number of carbonyl (C=O) groups excluding carboxylic acids is 1. The highest BCUT2D eigenvalue weighted by Crippen LogP contribution is 2.09. The first-order valence-corrected chi connectivity index (χ1v) is 3.22. The van der Waals surface area contributed by atoms with Crippen molar-refractivity contribution in [2.24, 2.45) is 0 Å². The van der Waals surface area contributed by atoms with Gasteiger partial charge in [0.05, 0.1) is 12.1 Å². The fourth-order valence-electron chi connectivity index (χ4n) is 0.451. The molecule has 0 aliphatic rings. The minimum atomic E-state index is -0.312. The first kappa shape index (κ1) is 9.43. The van der Waals surface area contributed by atoms with Gasteiger partial charge in [0.25, 0.3) is 0 Å². The van der Waals surface area contributed by atoms with E-state index in [1.54, 1.807) is 13.5 Å². The van der Waals surface area contributed by atoms with Gasteiger partial charge >= 0.3 is 0 Å². The van der Waals surface area contributed by atoms with Gasteiger partial charge in [-0.25, -0.2) is 5.06 Å². The van der Waals surface area contributed by atoms with Crippen LogP contribution in [-0.4, -0.2) is 17.1 Å². The standard InChI is InChI=1S/C7H14NO2/c1-5-8(6-9)10-7(2,3)4/h5-6H,1-4H3. The summed E-state index contributed by atoms with van der Waals surface area (Å²) in [7, 11) is 0. The summed E-state index contributed by atoms with van der Waals surface area (Å²) in [5, 5.41) is 1.15. The van der Waals surface area contributed by atoms with E-state index >= 15 is 0 Å². The maximum Gasteiger partial charge on any atom is 0.233 e. The number of nitrogens with zero attached hydrogens (tertiary/aromatic N) is 1. The minimum Gasteiger partial charge on any atom is -0.276 e. The minimum absolute atomic E-state index is 0.312. The van der Waals surface area contributed by atoms with Crippen molar-refractivity contribution in [1.82, 2.24) is 5.06 Å². The van der Waals surface area contributed by atoms with Gasteiger partial charge in [-0.05, 0) is 27.7 Å². The molecule has 0 rings (SSSR count). The second-order valence-electron chi connectivity index (χ2n) is 2.93. The predicted octanol–water partition coefficient (Wildman–Crippen LogP) is 1.36. The Morgan fingerprint density at radius 1 is 1.40 bits per heavy atom. The molecular weight excluding hydrogens is 130 g/mol. The van der Waals surface area contributed by atoms with Gasteiger partial charge in [0, 0.05) is 0 Å². The van der Waals surface area contributed by atoms with Gasteiger partial charge in [-0.15, -0.1) is 0 Å². The van der Waals surface area contributed by atoms with Crippen LogP contribution in [0.4, 0.5) is 0 Å². The number of hydrogen-bond donors (Lipinski definition) is 0. The monoisotopic (exact) mass is 144 g/mol. The zero-order valence-corrected chi connectivity index (χ0v) is 6.92. The normalized spacial score (nSPS) is 11.2. The maximum absolute atomic E-state index is 10.2. The lowest BCUT2D eigenvalue weighted by atomic mass is 10.2. The van der Waals surface area contributed by atoms with Crippen molar-refractivity contribution in [2.75, 3.05) is 0 Å². The third-order valence-corrected chi connectivity index (χ3v) is 0.738. The molecule has 0 atom stereocenters. The lowest BCUT2D eigenvalue weighted by Gasteiger charge is -2.24. The van der Waals surface area contributed by atoms with E-state index < -0.39 is 0 Å². The van der Waals surface area contributed by atoms with Crippen LogP contribution in [0.15, 0.2) is 0 Å². The highest BCUT2D eigenvalue weighted by atomic mass is 16.7. The Morgan fingerprint density at radius 2 is 1.90 bits per heavy atom. The van der Waals surface area contributed by atoms with Crippen molar-refractivity contribution in [3.8, 4) is 0 Å².